The van der Waals surface area contributed by atoms with E-state index in [9.17, 15) is 0 Å². The lowest BCUT2D eigenvalue weighted by Crippen LogP contribution is -1.82. The van der Waals surface area contributed by atoms with Crippen LogP contribution in [0.15, 0.2) is 0 Å². The number of rotatable bonds is 9. The van der Waals surface area contributed by atoms with Crippen molar-refractivity contribution in [3.8, 4) is 0 Å². The van der Waals surface area contributed by atoms with Gasteiger partial charge in [0.1, 0.15) is 0 Å². The largest absolute Gasteiger partial charge is 0.363 e. The Balaban J connectivity index is 2.73. The molecule has 0 N–H and O–H groups in total. The lowest BCUT2D eigenvalue weighted by molar-refractivity contribution is 0.388. The van der Waals surface area contributed by atoms with Crippen molar-refractivity contribution in [2.75, 3.05) is 12.8 Å². The Bertz CT molecular complexity index is 66.2. The minimum atomic E-state index is 0.744. The Morgan fingerprint density at radius 2 is 1.58 bits per heavy atom. The molecule has 0 aliphatic heterocycles. The molecule has 2 heteroatoms. The molecule has 0 aromatic rings. The summed E-state index contributed by atoms with van der Waals surface area (Å²) in [5.74, 6) is 0. The van der Waals surface area contributed by atoms with Crippen molar-refractivity contribution in [1.29, 1.82) is 0 Å². The summed E-state index contributed by atoms with van der Waals surface area (Å²) < 4.78 is 5.29. The fourth-order valence-electron chi connectivity index (χ4n) is 1.15. The van der Waals surface area contributed by atoms with E-state index in [-0.39, 0.29) is 0 Å². The highest BCUT2D eigenvalue weighted by atomic mass is 31.1. The van der Waals surface area contributed by atoms with Crippen molar-refractivity contribution in [3.05, 3.63) is 0 Å². The van der Waals surface area contributed by atoms with Gasteiger partial charge in [0.25, 0.3) is 0 Å². The van der Waals surface area contributed by atoms with E-state index >= 15 is 0 Å². The lowest BCUT2D eigenvalue weighted by atomic mass is 10.1. The molecule has 0 heterocycles. The molecular weight excluding hydrogens is 167 g/mol. The van der Waals surface area contributed by atoms with E-state index in [1.54, 1.807) is 0 Å². The third kappa shape index (κ3) is 10.4. The van der Waals surface area contributed by atoms with Crippen LogP contribution in [0.1, 0.15) is 52.4 Å². The van der Waals surface area contributed by atoms with Gasteiger partial charge in [-0.05, 0) is 19.5 Å². The first-order chi connectivity index (χ1) is 5.91. The van der Waals surface area contributed by atoms with E-state index < -0.39 is 0 Å². The summed E-state index contributed by atoms with van der Waals surface area (Å²) in [6, 6.07) is 0. The molecule has 1 nitrogen and oxygen atoms in total. The molecule has 1 atom stereocenters. The molecular formula is C10H23OP. The van der Waals surface area contributed by atoms with Crippen molar-refractivity contribution < 1.29 is 4.52 Å². The average Bonchev–Trinajstić information content (AvgIpc) is 2.10. The van der Waals surface area contributed by atoms with Crippen LogP contribution in [0.4, 0.5) is 0 Å². The summed E-state index contributed by atoms with van der Waals surface area (Å²) in [7, 11) is 0.744. The van der Waals surface area contributed by atoms with Gasteiger partial charge in [-0.2, -0.15) is 0 Å². The molecule has 0 aromatic heterocycles. The van der Waals surface area contributed by atoms with Gasteiger partial charge in [-0.25, -0.2) is 0 Å². The molecule has 0 radical (unpaired) electrons. The van der Waals surface area contributed by atoms with Gasteiger partial charge in [0.05, 0.1) is 0 Å². The third-order valence-electron chi connectivity index (χ3n) is 1.88. The van der Waals surface area contributed by atoms with Crippen LogP contribution in [0.3, 0.4) is 0 Å². The lowest BCUT2D eigenvalue weighted by Gasteiger charge is -2.00. The fourth-order valence-corrected chi connectivity index (χ4v) is 1.89. The normalized spacial score (nSPS) is 11.5. The Morgan fingerprint density at radius 1 is 0.917 bits per heavy atom. The summed E-state index contributed by atoms with van der Waals surface area (Å²) in [5, 5.41) is 0. The quantitative estimate of drug-likeness (QED) is 0.395. The van der Waals surface area contributed by atoms with Gasteiger partial charge in [-0.3, -0.25) is 0 Å². The zero-order valence-corrected chi connectivity index (χ0v) is 9.57. The molecule has 0 rings (SSSR count). The fraction of sp³-hybridized carbons (Fsp3) is 1.00. The summed E-state index contributed by atoms with van der Waals surface area (Å²) in [6.07, 6.45) is 9.65. The Hall–Kier alpha value is 0.390. The number of unbranched alkanes of at least 4 members (excludes halogenated alkanes) is 5. The third-order valence-corrected chi connectivity index (χ3v) is 2.93. The topological polar surface area (TPSA) is 9.23 Å². The second kappa shape index (κ2) is 11.4. The first-order valence-electron chi connectivity index (χ1n) is 5.26. The van der Waals surface area contributed by atoms with Gasteiger partial charge in [0, 0.05) is 15.4 Å². The van der Waals surface area contributed by atoms with Crippen LogP contribution >= 0.6 is 8.81 Å². The Kier molecular flexibility index (Phi) is 11.8. The van der Waals surface area contributed by atoms with Crippen LogP contribution in [-0.2, 0) is 4.52 Å². The number of hydrogen-bond donors (Lipinski definition) is 0. The van der Waals surface area contributed by atoms with E-state index in [0.29, 0.717) is 0 Å². The SMILES string of the molecule is CCCCCCCCPOCC. The molecule has 1 unspecified atom stereocenters. The smallest absolute Gasteiger partial charge is 0.0477 e. The van der Waals surface area contributed by atoms with Gasteiger partial charge < -0.3 is 4.52 Å². The minimum Gasteiger partial charge on any atom is -0.363 e. The summed E-state index contributed by atoms with van der Waals surface area (Å²) in [6.45, 7) is 5.21. The number of hydrogen-bond acceptors (Lipinski definition) is 1. The first kappa shape index (κ1) is 12.4. The second-order valence-corrected chi connectivity index (χ2v) is 4.17. The molecule has 0 bridgehead atoms. The zero-order chi connectivity index (χ0) is 9.07. The molecule has 0 spiro atoms. The first-order valence-corrected chi connectivity index (χ1v) is 6.38. The van der Waals surface area contributed by atoms with Crippen LogP contribution < -0.4 is 0 Å². The molecule has 0 amide bonds. The molecule has 0 saturated heterocycles. The molecule has 0 fully saturated rings. The Labute approximate surface area is 79.1 Å². The summed E-state index contributed by atoms with van der Waals surface area (Å²) in [5.41, 5.74) is 0. The van der Waals surface area contributed by atoms with E-state index in [2.05, 4.69) is 13.8 Å². The van der Waals surface area contributed by atoms with E-state index in [4.69, 9.17) is 4.52 Å². The maximum Gasteiger partial charge on any atom is 0.0477 e. The maximum atomic E-state index is 5.29. The molecule has 0 aromatic carbocycles. The molecule has 74 valence electrons. The summed E-state index contributed by atoms with van der Waals surface area (Å²) >= 11 is 0. The van der Waals surface area contributed by atoms with Gasteiger partial charge in [0.15, 0.2) is 0 Å². The second-order valence-electron chi connectivity index (χ2n) is 3.10. The van der Waals surface area contributed by atoms with Crippen LogP contribution in [0.2, 0.25) is 0 Å². The van der Waals surface area contributed by atoms with E-state index in [0.717, 1.165) is 15.4 Å². The van der Waals surface area contributed by atoms with Crippen LogP contribution in [-0.4, -0.2) is 12.8 Å². The van der Waals surface area contributed by atoms with Crippen molar-refractivity contribution in [2.45, 2.75) is 52.4 Å². The molecule has 0 saturated carbocycles. The van der Waals surface area contributed by atoms with Crippen molar-refractivity contribution in [2.24, 2.45) is 0 Å². The Morgan fingerprint density at radius 3 is 2.25 bits per heavy atom. The predicted octanol–water partition coefficient (Wildman–Crippen LogP) is 3.98. The summed E-state index contributed by atoms with van der Waals surface area (Å²) in [4.78, 5) is 0. The predicted molar refractivity (Wildman–Crippen MR) is 58.2 cm³/mol. The highest BCUT2D eigenvalue weighted by Crippen LogP contribution is 2.15. The van der Waals surface area contributed by atoms with E-state index in [1.165, 1.54) is 44.7 Å². The van der Waals surface area contributed by atoms with Gasteiger partial charge in [-0.15, -0.1) is 0 Å². The van der Waals surface area contributed by atoms with Crippen LogP contribution in [0.5, 0.6) is 0 Å². The van der Waals surface area contributed by atoms with Crippen LogP contribution in [0.25, 0.3) is 0 Å². The molecule has 0 aliphatic carbocycles. The zero-order valence-electron chi connectivity index (χ0n) is 8.57. The average molecular weight is 190 g/mol. The van der Waals surface area contributed by atoms with Gasteiger partial charge >= 0.3 is 0 Å². The van der Waals surface area contributed by atoms with Crippen molar-refractivity contribution in [3.63, 3.8) is 0 Å². The van der Waals surface area contributed by atoms with Crippen LogP contribution in [0, 0.1) is 0 Å². The van der Waals surface area contributed by atoms with Gasteiger partial charge in [0.2, 0.25) is 0 Å². The standard InChI is InChI=1S/C10H23OP/c1-3-5-6-7-8-9-10-12-11-4-2/h12H,3-10H2,1-2H3. The molecule has 0 aliphatic rings. The highest BCUT2D eigenvalue weighted by molar-refractivity contribution is 7.32. The maximum absolute atomic E-state index is 5.29. The molecule has 12 heavy (non-hydrogen) atoms. The van der Waals surface area contributed by atoms with Crippen molar-refractivity contribution >= 4 is 8.81 Å². The van der Waals surface area contributed by atoms with E-state index in [1.807, 2.05) is 0 Å². The monoisotopic (exact) mass is 190 g/mol. The van der Waals surface area contributed by atoms with Gasteiger partial charge in [-0.1, -0.05) is 39.0 Å². The highest BCUT2D eigenvalue weighted by Gasteiger charge is 1.90. The van der Waals surface area contributed by atoms with Crippen molar-refractivity contribution in [1.82, 2.24) is 0 Å². The minimum absolute atomic E-state index is 0.744.